The van der Waals surface area contributed by atoms with E-state index in [0.717, 1.165) is 4.90 Å². The normalized spacial score (nSPS) is 14.2. The van der Waals surface area contributed by atoms with Crippen LogP contribution >= 0.6 is 12.6 Å². The zero-order valence-corrected chi connectivity index (χ0v) is 36.8. The number of amides is 7. The van der Waals surface area contributed by atoms with Gasteiger partial charge < -0.3 is 26.4 Å². The van der Waals surface area contributed by atoms with Crippen LogP contribution in [0, 0.1) is 11.8 Å². The molecule has 1 fully saturated rings. The van der Waals surface area contributed by atoms with Gasteiger partial charge in [0.15, 0.2) is 0 Å². The summed E-state index contributed by atoms with van der Waals surface area (Å²) in [5.74, 6) is -2.85. The number of rotatable bonds is 19. The molecule has 1 heterocycles. The van der Waals surface area contributed by atoms with Crippen LogP contribution in [0.15, 0.2) is 24.3 Å². The first-order valence-corrected chi connectivity index (χ1v) is 20.6. The molecule has 2 rings (SSSR count). The van der Waals surface area contributed by atoms with Gasteiger partial charge in [0.05, 0.1) is 11.8 Å². The molecule has 320 valence electrons. The number of imide groups is 1. The molecule has 0 saturated carbocycles. The van der Waals surface area contributed by atoms with Crippen LogP contribution in [0.1, 0.15) is 133 Å². The van der Waals surface area contributed by atoms with Gasteiger partial charge in [-0.15, -0.1) is 0 Å². The summed E-state index contributed by atoms with van der Waals surface area (Å²) in [6.07, 6.45) is 6.58. The van der Waals surface area contributed by atoms with E-state index in [0.29, 0.717) is 37.1 Å². The van der Waals surface area contributed by atoms with E-state index in [2.05, 4.69) is 56.3 Å². The Morgan fingerprint density at radius 1 is 0.875 bits per heavy atom. The summed E-state index contributed by atoms with van der Waals surface area (Å²) in [7, 11) is 1.44. The number of hydrogen-bond donors (Lipinski definition) is 5. The fourth-order valence-electron chi connectivity index (χ4n) is 4.91. The highest BCUT2D eigenvalue weighted by atomic mass is 32.1. The van der Waals surface area contributed by atoms with E-state index in [1.54, 1.807) is 52.0 Å². The largest absolute Gasteiger partial charge is 0.445 e. The fourth-order valence-corrected chi connectivity index (χ4v) is 5.20. The molecule has 0 spiro atoms. The molecule has 1 aliphatic heterocycles. The molecule has 1 aliphatic rings. The minimum atomic E-state index is -0.840. The van der Waals surface area contributed by atoms with Crippen LogP contribution in [0.2, 0.25) is 0 Å². The standard InChI is InChI=1S/C31H46N6O8S.2C4H10.C2H6/c1-18(2)26(35-23(38)9-7-6-8-14-37-25(40)15-22(46)30(37)43)29(42)33-16-24(39)34-21-12-10-20(11-13-21)17-45-31(44)36(5)27(19(3)4)28(32)41;2*1-3-4-2;1-2/h10-13,18-19,22,26-27,46H,6-9,14-17H2,1-5H3,(H2,32,41)(H,33,42)(H,34,39)(H,35,38);2*3-4H2,1-2H3;1-2H3. The summed E-state index contributed by atoms with van der Waals surface area (Å²) in [6, 6.07) is 4.89. The van der Waals surface area contributed by atoms with Crippen molar-refractivity contribution >= 4 is 59.9 Å². The molecule has 7 amide bonds. The van der Waals surface area contributed by atoms with Crippen molar-refractivity contribution < 1.29 is 38.3 Å². The Balaban J connectivity index is 0. The van der Waals surface area contributed by atoms with Gasteiger partial charge in [-0.2, -0.15) is 12.6 Å². The number of nitrogens with zero attached hydrogens (tertiary/aromatic N) is 2. The highest BCUT2D eigenvalue weighted by Crippen LogP contribution is 2.19. The van der Waals surface area contributed by atoms with Gasteiger partial charge in [0, 0.05) is 32.1 Å². The van der Waals surface area contributed by atoms with Crippen LogP contribution in [0.25, 0.3) is 0 Å². The number of carbonyl (C=O) groups excluding carboxylic acids is 7. The first-order chi connectivity index (χ1) is 26.4. The summed E-state index contributed by atoms with van der Waals surface area (Å²) in [5, 5.41) is 7.36. The average molecular weight is 809 g/mol. The van der Waals surface area contributed by atoms with Gasteiger partial charge in [0.1, 0.15) is 18.7 Å². The van der Waals surface area contributed by atoms with Gasteiger partial charge in [-0.25, -0.2) is 4.79 Å². The minimum absolute atomic E-state index is 0.0588. The lowest BCUT2D eigenvalue weighted by Gasteiger charge is -2.27. The second kappa shape index (κ2) is 31.0. The molecule has 0 aliphatic carbocycles. The van der Waals surface area contributed by atoms with Crippen LogP contribution in [-0.4, -0.2) is 88.8 Å². The number of likely N-dealkylation sites (N-methyl/N-ethyl adjacent to an activating group) is 1. The van der Waals surface area contributed by atoms with Crippen LogP contribution < -0.4 is 21.7 Å². The third-order valence-corrected chi connectivity index (χ3v) is 8.83. The summed E-state index contributed by atoms with van der Waals surface area (Å²) >= 11 is 4.10. The fraction of sp³-hybridized carbons (Fsp3) is 0.683. The number of thiol groups is 1. The lowest BCUT2D eigenvalue weighted by molar-refractivity contribution is -0.138. The lowest BCUT2D eigenvalue weighted by Crippen LogP contribution is -2.51. The smallest absolute Gasteiger partial charge is 0.410 e. The van der Waals surface area contributed by atoms with E-state index < -0.39 is 41.1 Å². The summed E-state index contributed by atoms with van der Waals surface area (Å²) in [4.78, 5) is 87.8. The van der Waals surface area contributed by atoms with Gasteiger partial charge in [0.25, 0.3) is 0 Å². The number of nitrogens with one attached hydrogen (secondary N) is 3. The molecule has 3 atom stereocenters. The molecule has 5 N–H and O–H groups in total. The van der Waals surface area contributed by atoms with Crippen molar-refractivity contribution in [1.82, 2.24) is 20.4 Å². The number of unbranched alkanes of at least 4 members (excludes halogenated alkanes) is 4. The van der Waals surface area contributed by atoms with E-state index in [1.807, 2.05) is 13.8 Å². The lowest BCUT2D eigenvalue weighted by atomic mass is 10.0. The SMILES string of the molecule is CC.CC(C)C(NC(=O)CCCCCN1C(=O)CC(S)C1=O)C(=O)NCC(=O)Nc1ccc(COC(=O)N(C)C(C(N)=O)C(C)C)cc1.CCCC.CCCC. The van der Waals surface area contributed by atoms with E-state index in [9.17, 15) is 33.6 Å². The van der Waals surface area contributed by atoms with Crippen LogP contribution in [0.5, 0.6) is 0 Å². The maximum atomic E-state index is 12.8. The number of benzene rings is 1. The Morgan fingerprint density at radius 3 is 1.88 bits per heavy atom. The van der Waals surface area contributed by atoms with Crippen molar-refractivity contribution in [2.24, 2.45) is 17.6 Å². The van der Waals surface area contributed by atoms with Gasteiger partial charge in [-0.3, -0.25) is 38.6 Å². The molecule has 0 bridgehead atoms. The Hall–Kier alpha value is -4.14. The van der Waals surface area contributed by atoms with Crippen molar-refractivity contribution in [3.63, 3.8) is 0 Å². The van der Waals surface area contributed by atoms with Gasteiger partial charge in [0.2, 0.25) is 35.4 Å². The van der Waals surface area contributed by atoms with Crippen molar-refractivity contribution in [2.45, 2.75) is 151 Å². The van der Waals surface area contributed by atoms with Crippen LogP contribution in [0.3, 0.4) is 0 Å². The van der Waals surface area contributed by atoms with E-state index in [4.69, 9.17) is 10.5 Å². The first kappa shape index (κ1) is 54.0. The van der Waals surface area contributed by atoms with Gasteiger partial charge in [-0.1, -0.05) is 113 Å². The average Bonchev–Trinajstić information content (AvgIpc) is 3.41. The Kier molecular flexibility index (Phi) is 29.9. The summed E-state index contributed by atoms with van der Waals surface area (Å²) in [6.45, 7) is 19.7. The molecule has 1 saturated heterocycles. The molecule has 1 aromatic rings. The van der Waals surface area contributed by atoms with Crippen LogP contribution in [-0.2, 0) is 40.1 Å². The van der Waals surface area contributed by atoms with E-state index in [1.165, 1.54) is 37.6 Å². The predicted octanol–water partition coefficient (Wildman–Crippen LogP) is 6.22. The molecule has 0 radical (unpaired) electrons. The van der Waals surface area contributed by atoms with Crippen molar-refractivity contribution in [3.8, 4) is 0 Å². The van der Waals surface area contributed by atoms with E-state index >= 15 is 0 Å². The Morgan fingerprint density at radius 2 is 1.43 bits per heavy atom. The number of nitrogens with two attached hydrogens (primary N) is 1. The molecule has 56 heavy (non-hydrogen) atoms. The number of hydrogen-bond acceptors (Lipinski definition) is 9. The number of carbonyl (C=O) groups is 7. The second-order valence-electron chi connectivity index (χ2n) is 13.9. The maximum Gasteiger partial charge on any atom is 0.410 e. The predicted molar refractivity (Wildman–Crippen MR) is 226 cm³/mol. The topological polar surface area (TPSA) is 197 Å². The molecule has 14 nitrogen and oxygen atoms in total. The molecule has 1 aromatic carbocycles. The molecule has 3 unspecified atom stereocenters. The first-order valence-electron chi connectivity index (χ1n) is 20.1. The number of anilines is 1. The molecule has 0 aromatic heterocycles. The molecular formula is C41H72N6O8S. The van der Waals surface area contributed by atoms with Crippen molar-refractivity contribution in [1.29, 1.82) is 0 Å². The summed E-state index contributed by atoms with van der Waals surface area (Å²) in [5.41, 5.74) is 6.50. The third-order valence-electron chi connectivity index (χ3n) is 8.42. The van der Waals surface area contributed by atoms with Crippen molar-refractivity contribution in [2.75, 3.05) is 25.5 Å². The zero-order chi connectivity index (χ0) is 43.4. The highest BCUT2D eigenvalue weighted by Gasteiger charge is 2.35. The number of likely N-dealkylation sites (tertiary alicyclic amines) is 1. The monoisotopic (exact) mass is 809 g/mol. The maximum absolute atomic E-state index is 12.8. The highest BCUT2D eigenvalue weighted by molar-refractivity contribution is 7.81. The number of ether oxygens (including phenoxy) is 1. The third kappa shape index (κ3) is 21.8. The van der Waals surface area contributed by atoms with Gasteiger partial charge >= 0.3 is 6.09 Å². The Bertz CT molecular complexity index is 1330. The minimum Gasteiger partial charge on any atom is -0.445 e. The Labute approximate surface area is 341 Å². The quantitative estimate of drug-likeness (QED) is 0.0617. The van der Waals surface area contributed by atoms with Crippen molar-refractivity contribution in [3.05, 3.63) is 29.8 Å². The van der Waals surface area contributed by atoms with E-state index in [-0.39, 0.29) is 55.6 Å². The van der Waals surface area contributed by atoms with Gasteiger partial charge in [-0.05, 0) is 42.4 Å². The second-order valence-corrected chi connectivity index (χ2v) is 14.5. The zero-order valence-electron chi connectivity index (χ0n) is 35.9. The summed E-state index contributed by atoms with van der Waals surface area (Å²) < 4.78 is 5.28. The van der Waals surface area contributed by atoms with Crippen LogP contribution in [0.4, 0.5) is 10.5 Å². The molecule has 15 heteroatoms. The number of primary amides is 1. The molecular weight excluding hydrogens is 737 g/mol.